The molecule has 0 aromatic heterocycles. The van der Waals surface area contributed by atoms with Crippen molar-refractivity contribution in [2.75, 3.05) is 18.5 Å². The Balaban J connectivity index is 1.58. The summed E-state index contributed by atoms with van der Waals surface area (Å²) in [4.78, 5) is 17.1. The molecule has 0 saturated heterocycles. The van der Waals surface area contributed by atoms with Crippen LogP contribution in [0.15, 0.2) is 49.2 Å². The highest BCUT2D eigenvalue weighted by atomic mass is 35.5. The first-order valence-electron chi connectivity index (χ1n) is 10.8. The Morgan fingerprint density at radius 2 is 1.97 bits per heavy atom. The van der Waals surface area contributed by atoms with E-state index in [9.17, 15) is 4.79 Å². The van der Waals surface area contributed by atoms with Gasteiger partial charge in [0.25, 0.3) is 5.91 Å². The monoisotopic (exact) mass is 420 g/mol. The van der Waals surface area contributed by atoms with Crippen LogP contribution in [0.3, 0.4) is 0 Å². The third-order valence-corrected chi connectivity index (χ3v) is 6.83. The fourth-order valence-corrected chi connectivity index (χ4v) is 4.71. The summed E-state index contributed by atoms with van der Waals surface area (Å²) in [6.45, 7) is 7.34. The molecule has 2 aliphatic rings. The van der Waals surface area contributed by atoms with E-state index in [1.165, 1.54) is 32.1 Å². The molecule has 0 N–H and O–H groups in total. The first-order valence-corrected chi connectivity index (χ1v) is 11.1. The van der Waals surface area contributed by atoms with E-state index in [1.807, 2.05) is 38.2 Å². The van der Waals surface area contributed by atoms with Crippen molar-refractivity contribution < 1.29 is 4.79 Å². The maximum atomic E-state index is 13.1. The molecule has 0 atom stereocenters. The van der Waals surface area contributed by atoms with Gasteiger partial charge in [-0.05, 0) is 55.5 Å². The number of amides is 1. The van der Waals surface area contributed by atoms with Gasteiger partial charge in [-0.25, -0.2) is 0 Å². The molecule has 0 spiro atoms. The van der Waals surface area contributed by atoms with Gasteiger partial charge in [0.15, 0.2) is 0 Å². The zero-order valence-corrected chi connectivity index (χ0v) is 18.6. The van der Waals surface area contributed by atoms with E-state index in [4.69, 9.17) is 11.6 Å². The van der Waals surface area contributed by atoms with E-state index in [-0.39, 0.29) is 5.91 Å². The van der Waals surface area contributed by atoms with Crippen LogP contribution in [0.1, 0.15) is 59.2 Å². The van der Waals surface area contributed by atoms with Crippen LogP contribution in [0, 0.1) is 12.8 Å². The summed E-state index contributed by atoms with van der Waals surface area (Å²) in [5.41, 5.74) is 5.57. The summed E-state index contributed by atoms with van der Waals surface area (Å²) in [5.74, 6) is 0.661. The number of hydrogen-bond donors (Lipinski definition) is 0. The molecule has 0 bridgehead atoms. The molecule has 0 radical (unpaired) electrons. The van der Waals surface area contributed by atoms with Crippen molar-refractivity contribution in [3.63, 3.8) is 0 Å². The Morgan fingerprint density at radius 3 is 2.70 bits per heavy atom. The highest BCUT2D eigenvalue weighted by Gasteiger charge is 2.24. The summed E-state index contributed by atoms with van der Waals surface area (Å²) in [6, 6.07) is 11.5. The largest absolute Gasteiger partial charge is 0.348 e. The van der Waals surface area contributed by atoms with E-state index >= 15 is 0 Å². The van der Waals surface area contributed by atoms with E-state index in [1.54, 1.807) is 11.0 Å². The molecule has 4 heteroatoms. The Hall–Kier alpha value is -2.52. The number of rotatable bonds is 4. The Labute approximate surface area is 184 Å². The SMILES string of the molecule is C=C1c2cccc(N(C)C(=O)c3ccc(C)c(Cl)c3)c2C=CN1CC1CCCCC1. The second-order valence-electron chi connectivity index (χ2n) is 8.49. The van der Waals surface area contributed by atoms with Crippen LogP contribution >= 0.6 is 11.6 Å². The lowest BCUT2D eigenvalue weighted by molar-refractivity contribution is 0.0993. The lowest BCUT2D eigenvalue weighted by atomic mass is 9.88. The molecule has 4 rings (SSSR count). The first-order chi connectivity index (χ1) is 14.5. The fourth-order valence-electron chi connectivity index (χ4n) is 4.53. The van der Waals surface area contributed by atoms with Crippen LogP contribution in [0.4, 0.5) is 5.69 Å². The van der Waals surface area contributed by atoms with Gasteiger partial charge in [-0.1, -0.05) is 55.6 Å². The predicted octanol–water partition coefficient (Wildman–Crippen LogP) is 6.76. The summed E-state index contributed by atoms with van der Waals surface area (Å²) in [7, 11) is 1.82. The summed E-state index contributed by atoms with van der Waals surface area (Å²) < 4.78 is 0. The lowest BCUT2D eigenvalue weighted by Crippen LogP contribution is -2.29. The van der Waals surface area contributed by atoms with Crippen LogP contribution in [0.5, 0.6) is 0 Å². The summed E-state index contributed by atoms with van der Waals surface area (Å²) >= 11 is 6.24. The molecule has 1 aliphatic heterocycles. The van der Waals surface area contributed by atoms with Gasteiger partial charge in [-0.15, -0.1) is 0 Å². The Kier molecular flexibility index (Phi) is 6.01. The maximum Gasteiger partial charge on any atom is 0.258 e. The molecule has 156 valence electrons. The molecule has 0 unspecified atom stereocenters. The van der Waals surface area contributed by atoms with E-state index < -0.39 is 0 Å². The van der Waals surface area contributed by atoms with Crippen LogP contribution in [-0.2, 0) is 0 Å². The van der Waals surface area contributed by atoms with Crippen LogP contribution in [0.25, 0.3) is 11.8 Å². The maximum absolute atomic E-state index is 13.1. The molecule has 1 saturated carbocycles. The second-order valence-corrected chi connectivity index (χ2v) is 8.89. The van der Waals surface area contributed by atoms with E-state index in [0.717, 1.165) is 40.5 Å². The van der Waals surface area contributed by atoms with Crippen molar-refractivity contribution in [1.82, 2.24) is 4.90 Å². The smallest absolute Gasteiger partial charge is 0.258 e. The fraction of sp³-hybridized carbons (Fsp3) is 0.346. The zero-order chi connectivity index (χ0) is 21.3. The molecule has 2 aromatic rings. The number of anilines is 1. The number of fused-ring (bicyclic) bond motifs is 1. The van der Waals surface area contributed by atoms with Crippen molar-refractivity contribution >= 4 is 35.0 Å². The van der Waals surface area contributed by atoms with Gasteiger partial charge in [0, 0.05) is 47.2 Å². The van der Waals surface area contributed by atoms with Gasteiger partial charge in [0.1, 0.15) is 0 Å². The third-order valence-electron chi connectivity index (χ3n) is 6.43. The van der Waals surface area contributed by atoms with Crippen molar-refractivity contribution in [2.45, 2.75) is 39.0 Å². The van der Waals surface area contributed by atoms with Crippen molar-refractivity contribution in [3.8, 4) is 0 Å². The van der Waals surface area contributed by atoms with E-state index in [0.29, 0.717) is 10.6 Å². The predicted molar refractivity (Wildman–Crippen MR) is 127 cm³/mol. The van der Waals surface area contributed by atoms with Crippen LogP contribution in [0.2, 0.25) is 5.02 Å². The van der Waals surface area contributed by atoms with Gasteiger partial charge in [-0.3, -0.25) is 4.79 Å². The third kappa shape index (κ3) is 4.04. The van der Waals surface area contributed by atoms with Crippen LogP contribution in [-0.4, -0.2) is 24.4 Å². The van der Waals surface area contributed by atoms with Crippen molar-refractivity contribution in [3.05, 3.63) is 76.5 Å². The van der Waals surface area contributed by atoms with Gasteiger partial charge in [-0.2, -0.15) is 0 Å². The zero-order valence-electron chi connectivity index (χ0n) is 17.8. The highest BCUT2D eigenvalue weighted by molar-refractivity contribution is 6.31. The molecule has 1 heterocycles. The summed E-state index contributed by atoms with van der Waals surface area (Å²) in [5, 5.41) is 0.607. The normalized spacial score (nSPS) is 16.5. The molecular formula is C26H29ClN2O. The number of halogens is 1. The molecule has 2 aromatic carbocycles. The first kappa shape index (κ1) is 20.7. The molecule has 30 heavy (non-hydrogen) atoms. The number of nitrogens with zero attached hydrogens (tertiary/aromatic N) is 2. The minimum Gasteiger partial charge on any atom is -0.348 e. The number of carbonyl (C=O) groups excluding carboxylic acids is 1. The molecule has 3 nitrogen and oxygen atoms in total. The van der Waals surface area contributed by atoms with E-state index in [2.05, 4.69) is 29.8 Å². The standard InChI is InChI=1S/C26H29ClN2O/c1-18-12-13-21(16-24(18)27)26(30)28(3)25-11-7-10-22-19(2)29(15-14-23(22)25)17-20-8-5-4-6-9-20/h7,10-16,20H,2,4-6,8-9,17H2,1,3H3. The van der Waals surface area contributed by atoms with Gasteiger partial charge in [0.05, 0.1) is 5.69 Å². The van der Waals surface area contributed by atoms with Crippen molar-refractivity contribution in [1.29, 1.82) is 0 Å². The van der Waals surface area contributed by atoms with Gasteiger partial charge < -0.3 is 9.80 Å². The highest BCUT2D eigenvalue weighted by Crippen LogP contribution is 2.36. The lowest BCUT2D eigenvalue weighted by Gasteiger charge is -2.34. The Morgan fingerprint density at radius 1 is 1.20 bits per heavy atom. The number of aryl methyl sites for hydroxylation is 1. The average Bonchev–Trinajstić information content (AvgIpc) is 2.77. The quantitative estimate of drug-likeness (QED) is 0.545. The van der Waals surface area contributed by atoms with Gasteiger partial charge >= 0.3 is 0 Å². The number of hydrogen-bond acceptors (Lipinski definition) is 2. The van der Waals surface area contributed by atoms with Gasteiger partial charge in [0.2, 0.25) is 0 Å². The van der Waals surface area contributed by atoms with Crippen molar-refractivity contribution in [2.24, 2.45) is 5.92 Å². The minimum absolute atomic E-state index is 0.0750. The van der Waals surface area contributed by atoms with Crippen LogP contribution < -0.4 is 4.90 Å². The topological polar surface area (TPSA) is 23.6 Å². The molecule has 1 aliphatic carbocycles. The second kappa shape index (κ2) is 8.69. The molecular weight excluding hydrogens is 392 g/mol. The Bertz CT molecular complexity index is 1000. The average molecular weight is 421 g/mol. The molecule has 1 amide bonds. The number of carbonyl (C=O) groups is 1. The number of benzene rings is 2. The minimum atomic E-state index is -0.0750. The molecule has 1 fully saturated rings. The summed E-state index contributed by atoms with van der Waals surface area (Å²) in [6.07, 6.45) is 10.9.